The highest BCUT2D eigenvalue weighted by Gasteiger charge is 2.09. The number of nitrogens with zero attached hydrogens (tertiary/aromatic N) is 1. The summed E-state index contributed by atoms with van der Waals surface area (Å²) >= 11 is 0. The SMILES string of the molecule is COc1ccc2ccccc2[n+]1C. The Balaban J connectivity index is 2.79. The molecular formula is C11H12NO+. The van der Waals surface area contributed by atoms with Gasteiger partial charge in [-0.2, -0.15) is 4.57 Å². The van der Waals surface area contributed by atoms with E-state index in [1.54, 1.807) is 7.11 Å². The number of pyridine rings is 1. The number of benzene rings is 1. The van der Waals surface area contributed by atoms with Crippen LogP contribution in [0, 0.1) is 0 Å². The lowest BCUT2D eigenvalue weighted by Gasteiger charge is -2.00. The summed E-state index contributed by atoms with van der Waals surface area (Å²) in [5.41, 5.74) is 1.18. The van der Waals surface area contributed by atoms with Crippen LogP contribution in [-0.2, 0) is 7.05 Å². The molecule has 1 heterocycles. The van der Waals surface area contributed by atoms with Gasteiger partial charge in [0.25, 0.3) is 0 Å². The summed E-state index contributed by atoms with van der Waals surface area (Å²) in [6.45, 7) is 0. The molecule has 0 radical (unpaired) electrons. The summed E-state index contributed by atoms with van der Waals surface area (Å²) < 4.78 is 7.25. The molecule has 2 rings (SSSR count). The first-order valence-electron chi connectivity index (χ1n) is 4.24. The van der Waals surface area contributed by atoms with Crippen molar-refractivity contribution >= 4 is 10.9 Å². The lowest BCUT2D eigenvalue weighted by atomic mass is 10.2. The summed E-state index contributed by atoms with van der Waals surface area (Å²) in [5.74, 6) is 0.874. The van der Waals surface area contributed by atoms with Crippen molar-refractivity contribution in [3.05, 3.63) is 36.4 Å². The summed E-state index contributed by atoms with van der Waals surface area (Å²) in [6.07, 6.45) is 0. The van der Waals surface area contributed by atoms with Crippen molar-refractivity contribution in [3.63, 3.8) is 0 Å². The van der Waals surface area contributed by atoms with Crippen molar-refractivity contribution in [2.75, 3.05) is 7.11 Å². The Morgan fingerprint density at radius 3 is 2.62 bits per heavy atom. The van der Waals surface area contributed by atoms with Gasteiger partial charge < -0.3 is 4.74 Å². The van der Waals surface area contributed by atoms with Gasteiger partial charge in [0, 0.05) is 11.5 Å². The minimum atomic E-state index is 0.874. The molecule has 1 aromatic carbocycles. The van der Waals surface area contributed by atoms with Crippen molar-refractivity contribution in [2.24, 2.45) is 7.05 Å². The number of rotatable bonds is 1. The quantitative estimate of drug-likeness (QED) is 0.599. The highest BCUT2D eigenvalue weighted by atomic mass is 16.5. The van der Waals surface area contributed by atoms with Crippen molar-refractivity contribution in [1.82, 2.24) is 0 Å². The van der Waals surface area contributed by atoms with Crippen LogP contribution in [0.3, 0.4) is 0 Å². The first-order chi connectivity index (χ1) is 6.33. The van der Waals surface area contributed by atoms with E-state index < -0.39 is 0 Å². The number of aryl methyl sites for hydroxylation is 1. The van der Waals surface area contributed by atoms with E-state index in [0.717, 1.165) is 5.88 Å². The van der Waals surface area contributed by atoms with Crippen LogP contribution >= 0.6 is 0 Å². The summed E-state index contributed by atoms with van der Waals surface area (Å²) in [7, 11) is 3.69. The Hall–Kier alpha value is -1.57. The van der Waals surface area contributed by atoms with Crippen molar-refractivity contribution in [3.8, 4) is 5.88 Å². The molecule has 0 bridgehead atoms. The molecule has 0 aliphatic carbocycles. The van der Waals surface area contributed by atoms with Gasteiger partial charge >= 0.3 is 5.88 Å². The molecule has 0 saturated carbocycles. The van der Waals surface area contributed by atoms with Gasteiger partial charge in [-0.3, -0.25) is 0 Å². The number of hydrogen-bond acceptors (Lipinski definition) is 1. The van der Waals surface area contributed by atoms with E-state index in [0.29, 0.717) is 0 Å². The van der Waals surface area contributed by atoms with Crippen LogP contribution in [0.15, 0.2) is 36.4 Å². The number of ether oxygens (including phenoxy) is 1. The molecule has 2 nitrogen and oxygen atoms in total. The molecule has 0 aliphatic rings. The Labute approximate surface area is 77.4 Å². The fourth-order valence-corrected chi connectivity index (χ4v) is 1.53. The molecule has 0 aliphatic heterocycles. The number of methoxy groups -OCH3 is 1. The molecule has 2 heteroatoms. The predicted octanol–water partition coefficient (Wildman–Crippen LogP) is 1.67. The first kappa shape index (κ1) is 8.05. The van der Waals surface area contributed by atoms with Gasteiger partial charge in [0.1, 0.15) is 7.05 Å². The third-order valence-corrected chi connectivity index (χ3v) is 2.24. The maximum Gasteiger partial charge on any atom is 0.367 e. The molecule has 0 N–H and O–H groups in total. The molecule has 0 unspecified atom stereocenters. The summed E-state index contributed by atoms with van der Waals surface area (Å²) in [5, 5.41) is 1.23. The smallest absolute Gasteiger partial charge is 0.367 e. The van der Waals surface area contributed by atoms with E-state index >= 15 is 0 Å². The molecule has 0 fully saturated rings. The first-order valence-corrected chi connectivity index (χ1v) is 4.24. The number of hydrogen-bond donors (Lipinski definition) is 0. The third kappa shape index (κ3) is 1.24. The zero-order valence-corrected chi connectivity index (χ0v) is 7.82. The Morgan fingerprint density at radius 1 is 1.08 bits per heavy atom. The molecule has 0 amide bonds. The highest BCUT2D eigenvalue weighted by molar-refractivity contribution is 5.75. The molecule has 1 aromatic heterocycles. The van der Waals surface area contributed by atoms with Crippen molar-refractivity contribution in [2.45, 2.75) is 0 Å². The van der Waals surface area contributed by atoms with Crippen molar-refractivity contribution in [1.29, 1.82) is 0 Å². The Morgan fingerprint density at radius 2 is 1.85 bits per heavy atom. The average molecular weight is 174 g/mol. The highest BCUT2D eigenvalue weighted by Crippen LogP contribution is 2.12. The van der Waals surface area contributed by atoms with E-state index in [1.165, 1.54) is 10.9 Å². The molecule has 0 spiro atoms. The molecule has 13 heavy (non-hydrogen) atoms. The van der Waals surface area contributed by atoms with Gasteiger partial charge in [0.2, 0.25) is 5.52 Å². The second-order valence-electron chi connectivity index (χ2n) is 2.99. The van der Waals surface area contributed by atoms with Crippen LogP contribution in [-0.4, -0.2) is 7.11 Å². The largest absolute Gasteiger partial charge is 0.448 e. The van der Waals surface area contributed by atoms with E-state index in [-0.39, 0.29) is 0 Å². The van der Waals surface area contributed by atoms with E-state index in [9.17, 15) is 0 Å². The normalized spacial score (nSPS) is 10.3. The van der Waals surface area contributed by atoms with E-state index in [4.69, 9.17) is 4.74 Å². The Kier molecular flexibility index (Phi) is 1.89. The van der Waals surface area contributed by atoms with Crippen LogP contribution < -0.4 is 9.30 Å². The minimum Gasteiger partial charge on any atom is -0.448 e. The topological polar surface area (TPSA) is 13.1 Å². The van der Waals surface area contributed by atoms with E-state index in [1.807, 2.05) is 29.8 Å². The maximum atomic E-state index is 5.22. The lowest BCUT2D eigenvalue weighted by Crippen LogP contribution is -2.30. The lowest BCUT2D eigenvalue weighted by molar-refractivity contribution is -0.650. The van der Waals surface area contributed by atoms with Crippen LogP contribution in [0.2, 0.25) is 0 Å². The fraction of sp³-hybridized carbons (Fsp3) is 0.182. The van der Waals surface area contributed by atoms with Gasteiger partial charge in [0.15, 0.2) is 0 Å². The molecular weight excluding hydrogens is 162 g/mol. The maximum absolute atomic E-state index is 5.22. The second kappa shape index (κ2) is 3.05. The molecule has 66 valence electrons. The standard InChI is InChI=1S/C11H12NO/c1-12-10-6-4-3-5-9(10)7-8-11(12)13-2/h3-8H,1-2H3/q+1. The van der Waals surface area contributed by atoms with Gasteiger partial charge in [-0.05, 0) is 12.1 Å². The predicted molar refractivity (Wildman–Crippen MR) is 51.7 cm³/mol. The molecule has 2 aromatic rings. The van der Waals surface area contributed by atoms with Crippen LogP contribution in [0.1, 0.15) is 0 Å². The fourth-order valence-electron chi connectivity index (χ4n) is 1.53. The van der Waals surface area contributed by atoms with Crippen LogP contribution in [0.4, 0.5) is 0 Å². The number of para-hydroxylation sites is 1. The second-order valence-corrected chi connectivity index (χ2v) is 2.99. The van der Waals surface area contributed by atoms with Gasteiger partial charge in [-0.25, -0.2) is 0 Å². The minimum absolute atomic E-state index is 0.874. The zero-order chi connectivity index (χ0) is 9.26. The van der Waals surface area contributed by atoms with Gasteiger partial charge in [0.05, 0.1) is 13.2 Å². The average Bonchev–Trinajstić information content (AvgIpc) is 2.19. The monoisotopic (exact) mass is 174 g/mol. The molecule has 0 atom stereocenters. The zero-order valence-electron chi connectivity index (χ0n) is 7.82. The van der Waals surface area contributed by atoms with Gasteiger partial charge in [-0.1, -0.05) is 12.1 Å². The van der Waals surface area contributed by atoms with Crippen LogP contribution in [0.5, 0.6) is 5.88 Å². The number of fused-ring (bicyclic) bond motifs is 1. The van der Waals surface area contributed by atoms with E-state index in [2.05, 4.69) is 18.2 Å². The number of aromatic nitrogens is 1. The van der Waals surface area contributed by atoms with Crippen LogP contribution in [0.25, 0.3) is 10.9 Å². The third-order valence-electron chi connectivity index (χ3n) is 2.24. The van der Waals surface area contributed by atoms with Crippen molar-refractivity contribution < 1.29 is 9.30 Å². The summed E-state index contributed by atoms with van der Waals surface area (Å²) in [6, 6.07) is 12.3. The van der Waals surface area contributed by atoms with Gasteiger partial charge in [-0.15, -0.1) is 0 Å². The Bertz CT molecular complexity index is 437. The summed E-state index contributed by atoms with van der Waals surface area (Å²) in [4.78, 5) is 0. The molecule has 0 saturated heterocycles.